The number of hydrogen-bond donors (Lipinski definition) is 6. The number of aryl methyl sites for hydroxylation is 1. The zero-order chi connectivity index (χ0) is 37.9. The van der Waals surface area contributed by atoms with Gasteiger partial charge in [0.15, 0.2) is 5.96 Å². The van der Waals surface area contributed by atoms with Crippen LogP contribution in [0.1, 0.15) is 60.3 Å². The van der Waals surface area contributed by atoms with Gasteiger partial charge in [0.25, 0.3) is 5.91 Å². The van der Waals surface area contributed by atoms with Crippen LogP contribution in [-0.2, 0) is 16.0 Å². The molecule has 51 heavy (non-hydrogen) atoms. The Morgan fingerprint density at radius 1 is 0.882 bits per heavy atom. The van der Waals surface area contributed by atoms with Gasteiger partial charge in [0.05, 0.1) is 5.52 Å². The molecule has 7 N–H and O–H groups in total. The molecule has 2 aromatic carbocycles. The lowest BCUT2D eigenvalue weighted by atomic mass is 9.90. The van der Waals surface area contributed by atoms with Gasteiger partial charge in [-0.05, 0) is 62.6 Å². The largest absolute Gasteiger partial charge is 0.490 e. The van der Waals surface area contributed by atoms with E-state index >= 15 is 0 Å². The molecule has 2 atom stereocenters. The van der Waals surface area contributed by atoms with Crippen LogP contribution >= 0.6 is 0 Å². The number of rotatable bonds is 6. The Morgan fingerprint density at radius 2 is 1.43 bits per heavy atom. The van der Waals surface area contributed by atoms with Gasteiger partial charge in [-0.25, -0.2) is 19.6 Å². The van der Waals surface area contributed by atoms with Crippen LogP contribution in [0.15, 0.2) is 48.5 Å². The maximum absolute atomic E-state index is 13.5. The lowest BCUT2D eigenvalue weighted by Crippen LogP contribution is -2.50. The number of carboxylic acid groups (broad SMARTS) is 2. The summed E-state index contributed by atoms with van der Waals surface area (Å²) in [6.07, 6.45) is -3.07. The van der Waals surface area contributed by atoms with Crippen molar-refractivity contribution >= 4 is 40.5 Å². The second-order valence-corrected chi connectivity index (χ2v) is 12.1. The lowest BCUT2D eigenvalue weighted by Gasteiger charge is -2.34. The molecule has 278 valence electrons. The van der Waals surface area contributed by atoms with Crippen molar-refractivity contribution in [2.24, 2.45) is 11.7 Å². The number of amides is 1. The van der Waals surface area contributed by atoms with E-state index in [-0.39, 0.29) is 29.8 Å². The number of hydrogen-bond acceptors (Lipinski definition) is 7. The molecular formula is C33H39F6N7O5. The van der Waals surface area contributed by atoms with E-state index in [0.717, 1.165) is 74.5 Å². The first kappa shape index (κ1) is 40.3. The fourth-order valence-corrected chi connectivity index (χ4v) is 5.73. The number of aromatic nitrogens is 2. The normalized spacial score (nSPS) is 18.0. The number of alkyl halides is 6. The predicted molar refractivity (Wildman–Crippen MR) is 175 cm³/mol. The minimum Gasteiger partial charge on any atom is -0.475 e. The topological polar surface area (TPSA) is 195 Å². The number of nitrogens with one attached hydrogen (secondary N) is 3. The SMILES string of the molecule is Cc1ccc2nc(C(=O)N3CCC(Cc4ccccc4)CC3)nc(NC3CCCCC3NC(=N)N)c2c1.O=C(O)C(F)(F)F.O=C(O)C(F)(F)F. The molecule has 3 aromatic rings. The van der Waals surface area contributed by atoms with E-state index in [1.165, 1.54) is 5.56 Å². The summed E-state index contributed by atoms with van der Waals surface area (Å²) in [5.74, 6) is -4.13. The van der Waals surface area contributed by atoms with E-state index < -0.39 is 24.3 Å². The molecule has 0 spiro atoms. The van der Waals surface area contributed by atoms with Crippen molar-refractivity contribution in [3.05, 3.63) is 65.5 Å². The molecule has 1 aromatic heterocycles. The summed E-state index contributed by atoms with van der Waals surface area (Å²) in [4.78, 5) is 42.7. The highest BCUT2D eigenvalue weighted by Gasteiger charge is 2.39. The summed E-state index contributed by atoms with van der Waals surface area (Å²) in [7, 11) is 0. The van der Waals surface area contributed by atoms with E-state index in [1.54, 1.807) is 0 Å². The summed E-state index contributed by atoms with van der Waals surface area (Å²) in [5.41, 5.74) is 8.89. The maximum atomic E-state index is 13.5. The summed E-state index contributed by atoms with van der Waals surface area (Å²) in [6, 6.07) is 16.7. The minimum atomic E-state index is -5.08. The van der Waals surface area contributed by atoms with E-state index in [2.05, 4.69) is 45.9 Å². The van der Waals surface area contributed by atoms with E-state index in [1.807, 2.05) is 30.0 Å². The van der Waals surface area contributed by atoms with Crippen LogP contribution in [0, 0.1) is 18.3 Å². The Labute approximate surface area is 288 Å². The Morgan fingerprint density at radius 3 is 1.96 bits per heavy atom. The quantitative estimate of drug-likeness (QED) is 0.107. The lowest BCUT2D eigenvalue weighted by molar-refractivity contribution is -0.193. The second-order valence-electron chi connectivity index (χ2n) is 12.1. The molecule has 1 saturated carbocycles. The number of fused-ring (bicyclic) bond motifs is 1. The zero-order valence-corrected chi connectivity index (χ0v) is 27.5. The number of guanidine groups is 1. The minimum absolute atomic E-state index is 0.0198. The molecule has 5 rings (SSSR count). The Hall–Kier alpha value is -5.16. The van der Waals surface area contributed by atoms with Gasteiger partial charge in [-0.2, -0.15) is 26.3 Å². The number of benzene rings is 2. The molecule has 2 aliphatic rings. The van der Waals surface area contributed by atoms with Crippen molar-refractivity contribution in [2.45, 2.75) is 76.3 Å². The maximum Gasteiger partial charge on any atom is 0.490 e. The van der Waals surface area contributed by atoms with Crippen LogP contribution < -0.4 is 16.4 Å². The average Bonchev–Trinajstić information content (AvgIpc) is 3.06. The van der Waals surface area contributed by atoms with Gasteiger partial charge in [-0.15, -0.1) is 0 Å². The van der Waals surface area contributed by atoms with Crippen molar-refractivity contribution in [1.82, 2.24) is 20.2 Å². The van der Waals surface area contributed by atoms with Gasteiger partial charge in [0, 0.05) is 30.6 Å². The van der Waals surface area contributed by atoms with Crippen LogP contribution in [0.5, 0.6) is 0 Å². The molecule has 2 heterocycles. The molecule has 0 radical (unpaired) electrons. The molecule has 2 unspecified atom stereocenters. The highest BCUT2D eigenvalue weighted by Crippen LogP contribution is 2.28. The first-order valence-electron chi connectivity index (χ1n) is 15.9. The zero-order valence-electron chi connectivity index (χ0n) is 27.5. The third-order valence-corrected chi connectivity index (χ3v) is 8.23. The van der Waals surface area contributed by atoms with Crippen LogP contribution in [0.4, 0.5) is 32.2 Å². The van der Waals surface area contributed by atoms with Crippen LogP contribution in [0.2, 0.25) is 0 Å². The number of nitrogens with two attached hydrogens (primary N) is 1. The van der Waals surface area contributed by atoms with Gasteiger partial charge in [-0.1, -0.05) is 54.8 Å². The molecule has 1 aliphatic heterocycles. The van der Waals surface area contributed by atoms with Crippen LogP contribution in [0.3, 0.4) is 0 Å². The second kappa shape index (κ2) is 17.7. The monoisotopic (exact) mass is 727 g/mol. The fraction of sp³-hybridized carbons (Fsp3) is 0.455. The number of nitrogens with zero attached hydrogens (tertiary/aromatic N) is 3. The van der Waals surface area contributed by atoms with Crippen molar-refractivity contribution in [3.8, 4) is 0 Å². The molecule has 1 aliphatic carbocycles. The number of carboxylic acids is 2. The predicted octanol–water partition coefficient (Wildman–Crippen LogP) is 5.51. The molecule has 1 saturated heterocycles. The van der Waals surface area contributed by atoms with Gasteiger partial charge >= 0.3 is 24.3 Å². The summed E-state index contributed by atoms with van der Waals surface area (Å²) in [5, 5.41) is 29.6. The number of carbonyl (C=O) groups excluding carboxylic acids is 1. The van der Waals surface area contributed by atoms with Crippen molar-refractivity contribution in [1.29, 1.82) is 5.41 Å². The first-order valence-corrected chi connectivity index (χ1v) is 15.9. The molecule has 0 bridgehead atoms. The standard InChI is InChI=1S/C29H37N7O.2C2HF3O2/c1-19-11-12-23-22(17-19)26(33-24-9-5-6-10-25(24)34-29(30)31)35-27(32-23)28(37)36-15-13-21(14-16-36)18-20-7-3-2-4-8-20;2*3-2(4,5)1(6)7/h2-4,7-8,11-12,17,21,24-25H,5-6,9-10,13-16,18H2,1H3,(H4,30,31,34)(H,32,33,35);2*(H,6,7). The van der Waals surface area contributed by atoms with Crippen LogP contribution in [0.25, 0.3) is 10.9 Å². The number of piperidine rings is 1. The number of halogens is 6. The van der Waals surface area contributed by atoms with E-state index in [4.69, 9.17) is 35.9 Å². The third kappa shape index (κ3) is 12.6. The summed E-state index contributed by atoms with van der Waals surface area (Å²) in [6.45, 7) is 3.49. The first-order chi connectivity index (χ1) is 23.8. The number of likely N-dealkylation sites (tertiary alicyclic amines) is 1. The van der Waals surface area contributed by atoms with E-state index in [0.29, 0.717) is 11.7 Å². The van der Waals surface area contributed by atoms with Gasteiger partial charge in [-0.3, -0.25) is 10.2 Å². The average molecular weight is 728 g/mol. The van der Waals surface area contributed by atoms with Gasteiger partial charge < -0.3 is 31.5 Å². The smallest absolute Gasteiger partial charge is 0.475 e. The molecule has 2 fully saturated rings. The number of aliphatic carboxylic acids is 2. The van der Waals surface area contributed by atoms with Crippen molar-refractivity contribution < 1.29 is 50.9 Å². The number of carbonyl (C=O) groups is 3. The molecule has 18 heteroatoms. The Bertz CT molecular complexity index is 1640. The highest BCUT2D eigenvalue weighted by molar-refractivity contribution is 5.96. The van der Waals surface area contributed by atoms with E-state index in [9.17, 15) is 31.1 Å². The molecular weight excluding hydrogens is 688 g/mol. The fourth-order valence-electron chi connectivity index (χ4n) is 5.73. The Balaban J connectivity index is 0.000000424. The summed E-state index contributed by atoms with van der Waals surface area (Å²) < 4.78 is 63.5. The van der Waals surface area contributed by atoms with Gasteiger partial charge in [0.2, 0.25) is 5.82 Å². The molecule has 1 amide bonds. The van der Waals surface area contributed by atoms with Crippen LogP contribution in [-0.4, -0.2) is 86.4 Å². The number of anilines is 1. The summed E-state index contributed by atoms with van der Waals surface area (Å²) >= 11 is 0. The Kier molecular flexibility index (Phi) is 14.0. The van der Waals surface area contributed by atoms with Crippen molar-refractivity contribution in [3.63, 3.8) is 0 Å². The molecule has 12 nitrogen and oxygen atoms in total. The van der Waals surface area contributed by atoms with Gasteiger partial charge in [0.1, 0.15) is 5.82 Å². The third-order valence-electron chi connectivity index (χ3n) is 8.23. The van der Waals surface area contributed by atoms with Crippen molar-refractivity contribution in [2.75, 3.05) is 18.4 Å². The highest BCUT2D eigenvalue weighted by atomic mass is 19.4.